The van der Waals surface area contributed by atoms with Crippen LogP contribution < -0.4 is 42.4 Å². The molecule has 0 spiro atoms. The normalized spacial score (nSPS) is 11.0. The van der Waals surface area contributed by atoms with Gasteiger partial charge in [-0.05, 0) is 80.8 Å². The molecule has 4 aromatic rings. The molecule has 0 aliphatic carbocycles. The number of carbonyl (C=O) groups is 1. The molecule has 4 aromatic carbocycles. The highest BCUT2D eigenvalue weighted by Crippen LogP contribution is 2.56. The summed E-state index contributed by atoms with van der Waals surface area (Å²) >= 11 is 0. The topological polar surface area (TPSA) is 35.5 Å². The van der Waals surface area contributed by atoms with Gasteiger partial charge < -0.3 is 26.5 Å². The van der Waals surface area contributed by atoms with Crippen molar-refractivity contribution in [2.45, 2.75) is 58.3 Å². The lowest BCUT2D eigenvalue weighted by molar-refractivity contribution is -0.0000168. The van der Waals surface area contributed by atoms with Crippen molar-refractivity contribution in [3.8, 4) is 11.5 Å². The van der Waals surface area contributed by atoms with E-state index < -0.39 is 7.26 Å². The van der Waals surface area contributed by atoms with Crippen LogP contribution in [0.4, 0.5) is 0 Å². The minimum absolute atomic E-state index is 0. The molecule has 0 aliphatic heterocycles. The third-order valence-electron chi connectivity index (χ3n) is 7.81. The van der Waals surface area contributed by atoms with Gasteiger partial charge in [-0.3, -0.25) is 4.79 Å². The number of carbonyl (C=O) groups excluding carboxylic acids is 1. The Morgan fingerprint density at radius 1 is 0.595 bits per heavy atom. The molecule has 0 heterocycles. The highest BCUT2D eigenvalue weighted by Gasteiger charge is 2.44. The van der Waals surface area contributed by atoms with Crippen LogP contribution in [0.15, 0.2) is 109 Å². The molecule has 0 fully saturated rings. The van der Waals surface area contributed by atoms with Crippen molar-refractivity contribution in [1.82, 2.24) is 0 Å². The van der Waals surface area contributed by atoms with Crippen molar-refractivity contribution in [1.29, 1.82) is 0 Å². The predicted molar refractivity (Wildman–Crippen MR) is 175 cm³/mol. The van der Waals surface area contributed by atoms with Gasteiger partial charge in [0.15, 0.2) is 17.3 Å². The molecule has 0 saturated carbocycles. The van der Waals surface area contributed by atoms with Crippen molar-refractivity contribution in [3.05, 3.63) is 115 Å². The van der Waals surface area contributed by atoms with Crippen molar-refractivity contribution >= 4 is 29.0 Å². The number of ketones is 1. The zero-order chi connectivity index (χ0) is 28.8. The van der Waals surface area contributed by atoms with Gasteiger partial charge in [-0.2, -0.15) is 0 Å². The predicted octanol–water partition coefficient (Wildman–Crippen LogP) is 5.40. The first kappa shape index (κ1) is 33.6. The van der Waals surface area contributed by atoms with Gasteiger partial charge >= 0.3 is 0 Å². The van der Waals surface area contributed by atoms with E-state index in [4.69, 9.17) is 9.47 Å². The zero-order valence-electron chi connectivity index (χ0n) is 25.0. The molecule has 4 rings (SSSR count). The number of methoxy groups -OCH3 is 1. The van der Waals surface area contributed by atoms with Crippen LogP contribution in [-0.4, -0.2) is 25.7 Å². The SMILES string of the molecule is COc1cc(C(C)=O)ccc1OCCCCCCCCCC[P+](c1ccccc1)(c1ccccc1)c1ccccc1.[Br-]. The Balaban J connectivity index is 0.00000484. The summed E-state index contributed by atoms with van der Waals surface area (Å²) in [5.74, 6) is 1.35. The Labute approximate surface area is 263 Å². The van der Waals surface area contributed by atoms with E-state index >= 15 is 0 Å². The van der Waals surface area contributed by atoms with Crippen molar-refractivity contribution < 1.29 is 31.2 Å². The molecule has 3 nitrogen and oxygen atoms in total. The maximum atomic E-state index is 11.6. The van der Waals surface area contributed by atoms with Crippen LogP contribution in [-0.2, 0) is 0 Å². The van der Waals surface area contributed by atoms with Gasteiger partial charge in [-0.1, -0.05) is 86.7 Å². The number of benzene rings is 4. The van der Waals surface area contributed by atoms with Crippen LogP contribution in [0.25, 0.3) is 0 Å². The highest BCUT2D eigenvalue weighted by molar-refractivity contribution is 7.95. The number of hydrogen-bond donors (Lipinski definition) is 0. The average molecular weight is 648 g/mol. The Morgan fingerprint density at radius 2 is 1.05 bits per heavy atom. The maximum absolute atomic E-state index is 11.6. The minimum atomic E-state index is -1.71. The number of halogens is 1. The second kappa shape index (κ2) is 17.9. The summed E-state index contributed by atoms with van der Waals surface area (Å²) in [5.41, 5.74) is 0.641. The molecule has 0 atom stereocenters. The summed E-state index contributed by atoms with van der Waals surface area (Å²) in [6.45, 7) is 2.23. The van der Waals surface area contributed by atoms with Crippen LogP contribution in [0.1, 0.15) is 68.6 Å². The van der Waals surface area contributed by atoms with Gasteiger partial charge in [-0.25, -0.2) is 0 Å². The number of rotatable bonds is 17. The average Bonchev–Trinajstić information content (AvgIpc) is 3.03. The number of ether oxygens (including phenoxy) is 2. The lowest BCUT2D eigenvalue weighted by atomic mass is 10.1. The number of Topliss-reactive ketones (excluding diaryl/α,β-unsaturated/α-hetero) is 1. The smallest absolute Gasteiger partial charge is 0.161 e. The maximum Gasteiger partial charge on any atom is 0.161 e. The van der Waals surface area contributed by atoms with Crippen LogP contribution >= 0.6 is 7.26 Å². The summed E-state index contributed by atoms with van der Waals surface area (Å²) in [4.78, 5) is 11.6. The van der Waals surface area contributed by atoms with Crippen LogP contribution in [0.5, 0.6) is 11.5 Å². The molecule has 5 heteroatoms. The van der Waals surface area contributed by atoms with E-state index in [1.807, 2.05) is 6.07 Å². The van der Waals surface area contributed by atoms with Gasteiger partial charge in [0.2, 0.25) is 0 Å². The van der Waals surface area contributed by atoms with E-state index in [0.29, 0.717) is 23.7 Å². The van der Waals surface area contributed by atoms with Crippen LogP contribution in [0.3, 0.4) is 0 Å². The van der Waals surface area contributed by atoms with E-state index in [-0.39, 0.29) is 22.8 Å². The molecule has 42 heavy (non-hydrogen) atoms. The van der Waals surface area contributed by atoms with Crippen molar-refractivity contribution in [3.63, 3.8) is 0 Å². The molecule has 0 radical (unpaired) electrons. The van der Waals surface area contributed by atoms with E-state index in [9.17, 15) is 4.79 Å². The Morgan fingerprint density at radius 3 is 1.50 bits per heavy atom. The fourth-order valence-electron chi connectivity index (χ4n) is 5.58. The molecule has 0 aromatic heterocycles. The first-order chi connectivity index (χ1) is 20.1. The molecule has 0 aliphatic rings. The molecule has 0 N–H and O–H groups in total. The Hall–Kier alpha value is -2.94. The molecule has 0 amide bonds. The highest BCUT2D eigenvalue weighted by atomic mass is 79.9. The molecule has 0 bridgehead atoms. The summed E-state index contributed by atoms with van der Waals surface area (Å²) in [6.07, 6.45) is 11.0. The minimum Gasteiger partial charge on any atom is -1.00 e. The van der Waals surface area contributed by atoms with Gasteiger partial charge in [-0.15, -0.1) is 0 Å². The van der Waals surface area contributed by atoms with E-state index in [0.717, 1.165) is 6.42 Å². The third kappa shape index (κ3) is 9.03. The summed E-state index contributed by atoms with van der Waals surface area (Å²) < 4.78 is 11.3. The van der Waals surface area contributed by atoms with Crippen LogP contribution in [0, 0.1) is 0 Å². The summed E-state index contributed by atoms with van der Waals surface area (Å²) in [6, 6.07) is 39.0. The Kier molecular flexibility index (Phi) is 14.3. The fourth-order valence-corrected chi connectivity index (χ4v) is 9.99. The second-order valence-corrected chi connectivity index (χ2v) is 14.3. The van der Waals surface area contributed by atoms with E-state index in [1.165, 1.54) is 67.0 Å². The molecular formula is C37H44BrO3P. The zero-order valence-corrected chi connectivity index (χ0v) is 27.5. The van der Waals surface area contributed by atoms with Gasteiger partial charge in [0.25, 0.3) is 0 Å². The quantitative estimate of drug-likeness (QED) is 0.0876. The largest absolute Gasteiger partial charge is 1.00 e. The molecule has 0 unspecified atom stereocenters. The first-order valence-corrected chi connectivity index (χ1v) is 17.0. The molecular weight excluding hydrogens is 603 g/mol. The second-order valence-electron chi connectivity index (χ2n) is 10.6. The molecule has 222 valence electrons. The standard InChI is InChI=1S/C37H44O3P.BrH/c1-31(38)32-26-27-36(37(30-32)39-2)40-28-18-7-5-3-4-6-8-19-29-41(33-20-12-9-13-21-33,34-22-14-10-15-23-34)35-24-16-11-17-25-35;/h9-17,20-27,30H,3-8,18-19,28-29H2,1-2H3;1H/q+1;/p-1. The molecule has 0 saturated heterocycles. The lowest BCUT2D eigenvalue weighted by Gasteiger charge is -2.27. The van der Waals surface area contributed by atoms with Crippen LogP contribution in [0.2, 0.25) is 0 Å². The first-order valence-electron chi connectivity index (χ1n) is 15.0. The van der Waals surface area contributed by atoms with Crippen molar-refractivity contribution in [2.75, 3.05) is 19.9 Å². The fraction of sp³-hybridized carbons (Fsp3) is 0.324. The number of unbranched alkanes of at least 4 members (excludes halogenated alkanes) is 7. The lowest BCUT2D eigenvalue weighted by Crippen LogP contribution is -3.00. The van der Waals surface area contributed by atoms with Crippen molar-refractivity contribution in [2.24, 2.45) is 0 Å². The number of hydrogen-bond acceptors (Lipinski definition) is 3. The summed E-state index contributed by atoms with van der Waals surface area (Å²) in [5, 5.41) is 4.44. The monoisotopic (exact) mass is 646 g/mol. The van der Waals surface area contributed by atoms with Gasteiger partial charge in [0.05, 0.1) is 19.9 Å². The third-order valence-corrected chi connectivity index (χ3v) is 12.3. The Bertz CT molecular complexity index is 1230. The van der Waals surface area contributed by atoms with E-state index in [1.54, 1.807) is 26.2 Å². The van der Waals surface area contributed by atoms with E-state index in [2.05, 4.69) is 91.0 Å². The summed E-state index contributed by atoms with van der Waals surface area (Å²) in [7, 11) is -0.0961. The van der Waals surface area contributed by atoms with Gasteiger partial charge in [0.1, 0.15) is 23.2 Å². The van der Waals surface area contributed by atoms with Gasteiger partial charge in [0, 0.05) is 5.56 Å².